The van der Waals surface area contributed by atoms with E-state index < -0.39 is 0 Å². The van der Waals surface area contributed by atoms with Crippen LogP contribution in [0, 0.1) is 4.77 Å². The molecule has 0 aliphatic carbocycles. The van der Waals surface area contributed by atoms with Crippen LogP contribution in [-0.4, -0.2) is 20.5 Å². The number of aromatic hydroxyl groups is 1. The summed E-state index contributed by atoms with van der Waals surface area (Å²) in [6.45, 7) is 2.72. The van der Waals surface area contributed by atoms with Crippen LogP contribution in [0.25, 0.3) is 11.6 Å². The van der Waals surface area contributed by atoms with Crippen molar-refractivity contribution < 1.29 is 5.11 Å². The molecule has 4 nitrogen and oxygen atoms in total. The minimum absolute atomic E-state index is 0.183. The fourth-order valence-electron chi connectivity index (χ4n) is 2.42. The summed E-state index contributed by atoms with van der Waals surface area (Å²) in [4.78, 5) is 4.37. The number of benzene rings is 1. The summed E-state index contributed by atoms with van der Waals surface area (Å²) >= 11 is 5.32. The number of aliphatic imine (C=N–C) groups is 1. The normalized spacial score (nSPS) is 15.0. The zero-order chi connectivity index (χ0) is 14.3. The quantitative estimate of drug-likeness (QED) is 0.858. The highest BCUT2D eigenvalue weighted by atomic mass is 32.1. The van der Waals surface area contributed by atoms with E-state index in [0.717, 1.165) is 22.5 Å². The van der Waals surface area contributed by atoms with Crippen LogP contribution in [0.4, 0.5) is 5.69 Å². The molecule has 0 spiro atoms. The molecular formula is C15H15N3OS. The van der Waals surface area contributed by atoms with Gasteiger partial charge in [-0.25, -0.2) is 0 Å². The maximum Gasteiger partial charge on any atom is 0.217 e. The second kappa shape index (κ2) is 4.76. The molecule has 0 unspecified atom stereocenters. The molecule has 2 heterocycles. The molecule has 1 N–H and O–H groups in total. The van der Waals surface area contributed by atoms with E-state index >= 15 is 0 Å². The molecule has 0 fully saturated rings. The van der Waals surface area contributed by atoms with Gasteiger partial charge in [0.1, 0.15) is 5.69 Å². The van der Waals surface area contributed by atoms with E-state index in [4.69, 9.17) is 12.2 Å². The summed E-state index contributed by atoms with van der Waals surface area (Å²) in [6.07, 6.45) is 3.75. The summed E-state index contributed by atoms with van der Waals surface area (Å²) in [5.41, 5.74) is 3.73. The Labute approximate surface area is 122 Å². The molecule has 20 heavy (non-hydrogen) atoms. The van der Waals surface area contributed by atoms with E-state index in [1.54, 1.807) is 11.6 Å². The smallest absolute Gasteiger partial charge is 0.217 e. The number of nitrogens with zero attached hydrogens (tertiary/aromatic N) is 3. The van der Waals surface area contributed by atoms with Gasteiger partial charge in [-0.2, -0.15) is 0 Å². The minimum Gasteiger partial charge on any atom is -0.493 e. The Bertz CT molecular complexity index is 796. The lowest BCUT2D eigenvalue weighted by Gasteiger charge is -2.03. The van der Waals surface area contributed by atoms with Crippen molar-refractivity contribution in [2.75, 3.05) is 0 Å². The number of hydrogen-bond acceptors (Lipinski definition) is 3. The van der Waals surface area contributed by atoms with Gasteiger partial charge in [-0.1, -0.05) is 18.2 Å². The summed E-state index contributed by atoms with van der Waals surface area (Å²) in [6, 6.07) is 7.95. The Morgan fingerprint density at radius 1 is 1.35 bits per heavy atom. The van der Waals surface area contributed by atoms with Crippen LogP contribution in [0.3, 0.4) is 0 Å². The first-order chi connectivity index (χ1) is 9.63. The van der Waals surface area contributed by atoms with E-state index in [1.807, 2.05) is 48.0 Å². The number of para-hydroxylation sites is 1. The number of allylic oxidation sites excluding steroid dienone is 1. The van der Waals surface area contributed by atoms with Gasteiger partial charge in [-0.05, 0) is 31.3 Å². The fourth-order valence-corrected chi connectivity index (χ4v) is 2.73. The lowest BCUT2D eigenvalue weighted by atomic mass is 10.1. The summed E-state index contributed by atoms with van der Waals surface area (Å²) < 4.78 is 4.13. The van der Waals surface area contributed by atoms with E-state index in [9.17, 15) is 5.11 Å². The van der Waals surface area contributed by atoms with E-state index in [1.165, 1.54) is 0 Å². The van der Waals surface area contributed by atoms with Gasteiger partial charge in [0.25, 0.3) is 0 Å². The van der Waals surface area contributed by atoms with Crippen molar-refractivity contribution >= 4 is 35.8 Å². The Kier molecular flexibility index (Phi) is 3.06. The third-order valence-corrected chi connectivity index (χ3v) is 4.02. The highest BCUT2D eigenvalue weighted by molar-refractivity contribution is 7.71. The Balaban J connectivity index is 2.18. The molecule has 5 heteroatoms. The molecule has 1 aliphatic rings. The van der Waals surface area contributed by atoms with Crippen molar-refractivity contribution in [3.63, 3.8) is 0 Å². The van der Waals surface area contributed by atoms with Crippen molar-refractivity contribution in [1.82, 2.24) is 9.13 Å². The number of imidazole rings is 1. The highest BCUT2D eigenvalue weighted by Gasteiger charge is 2.16. The van der Waals surface area contributed by atoms with Crippen molar-refractivity contribution in [1.29, 1.82) is 0 Å². The van der Waals surface area contributed by atoms with E-state index in [-0.39, 0.29) is 5.88 Å². The zero-order valence-electron chi connectivity index (χ0n) is 11.4. The maximum atomic E-state index is 10.2. The molecule has 0 saturated heterocycles. The maximum absolute atomic E-state index is 10.2. The molecule has 102 valence electrons. The Morgan fingerprint density at radius 2 is 2.10 bits per heavy atom. The molecule has 0 amide bonds. The third-order valence-electron chi connectivity index (χ3n) is 3.52. The highest BCUT2D eigenvalue weighted by Crippen LogP contribution is 2.33. The average molecular weight is 285 g/mol. The van der Waals surface area contributed by atoms with Crippen molar-refractivity contribution in [2.45, 2.75) is 13.5 Å². The molecule has 1 aromatic carbocycles. The molecule has 0 radical (unpaired) electrons. The Hall–Kier alpha value is -2.14. The second-order valence-corrected chi connectivity index (χ2v) is 5.03. The second-order valence-electron chi connectivity index (χ2n) is 4.67. The number of fused-ring (bicyclic) bond motifs is 1. The monoisotopic (exact) mass is 285 g/mol. The molecule has 0 saturated carbocycles. The van der Waals surface area contributed by atoms with Crippen LogP contribution in [0.2, 0.25) is 0 Å². The Morgan fingerprint density at radius 3 is 2.85 bits per heavy atom. The first kappa shape index (κ1) is 12.9. The molecule has 3 rings (SSSR count). The summed E-state index contributed by atoms with van der Waals surface area (Å²) in [5.74, 6) is 0.183. The third kappa shape index (κ3) is 1.82. The minimum atomic E-state index is 0.183. The number of aromatic nitrogens is 2. The van der Waals surface area contributed by atoms with Crippen LogP contribution >= 0.6 is 12.2 Å². The zero-order valence-corrected chi connectivity index (χ0v) is 12.2. The standard InChI is InChI=1S/C15H15N3OS/c1-3-18-13(14(19)17(2)15(18)20)8-10-9-16-12-7-5-4-6-11(10)12/h4-9,19H,3H2,1-2H3/b10-8+. The van der Waals surface area contributed by atoms with Gasteiger partial charge in [0.2, 0.25) is 5.88 Å². The lowest BCUT2D eigenvalue weighted by molar-refractivity contribution is 0.430. The van der Waals surface area contributed by atoms with Gasteiger partial charge in [-0.3, -0.25) is 9.56 Å². The van der Waals surface area contributed by atoms with Gasteiger partial charge in [0, 0.05) is 30.9 Å². The van der Waals surface area contributed by atoms with Crippen LogP contribution < -0.4 is 0 Å². The fraction of sp³-hybridized carbons (Fsp3) is 0.200. The van der Waals surface area contributed by atoms with Crippen LogP contribution in [0.5, 0.6) is 5.88 Å². The molecule has 2 aromatic rings. The SMILES string of the molecule is CCn1c(/C=C2\C=Nc3ccccc32)c(O)n(C)c1=S. The first-order valence-corrected chi connectivity index (χ1v) is 6.88. The van der Waals surface area contributed by atoms with Crippen molar-refractivity contribution in [2.24, 2.45) is 12.0 Å². The van der Waals surface area contributed by atoms with Crippen molar-refractivity contribution in [3.05, 3.63) is 40.3 Å². The average Bonchev–Trinajstić information content (AvgIpc) is 2.96. The van der Waals surface area contributed by atoms with Gasteiger partial charge in [-0.15, -0.1) is 0 Å². The van der Waals surface area contributed by atoms with E-state index in [0.29, 0.717) is 11.3 Å². The molecule has 0 bridgehead atoms. The summed E-state index contributed by atoms with van der Waals surface area (Å²) in [5, 5.41) is 10.2. The van der Waals surface area contributed by atoms with Crippen LogP contribution in [-0.2, 0) is 13.6 Å². The number of rotatable bonds is 2. The molecule has 0 atom stereocenters. The van der Waals surface area contributed by atoms with Gasteiger partial charge >= 0.3 is 0 Å². The molecular weight excluding hydrogens is 270 g/mol. The van der Waals surface area contributed by atoms with Gasteiger partial charge < -0.3 is 9.67 Å². The first-order valence-electron chi connectivity index (χ1n) is 6.47. The van der Waals surface area contributed by atoms with Gasteiger partial charge in [0.05, 0.1) is 5.69 Å². The summed E-state index contributed by atoms with van der Waals surface area (Å²) in [7, 11) is 1.77. The van der Waals surface area contributed by atoms with Crippen LogP contribution in [0.1, 0.15) is 18.2 Å². The topological polar surface area (TPSA) is 42.4 Å². The van der Waals surface area contributed by atoms with Crippen molar-refractivity contribution in [3.8, 4) is 5.88 Å². The predicted molar refractivity (Wildman–Crippen MR) is 84.0 cm³/mol. The molecule has 1 aliphatic heterocycles. The lowest BCUT2D eigenvalue weighted by Crippen LogP contribution is -1.98. The number of hydrogen-bond donors (Lipinski definition) is 1. The molecule has 1 aromatic heterocycles. The van der Waals surface area contributed by atoms with Crippen LogP contribution in [0.15, 0.2) is 29.3 Å². The largest absolute Gasteiger partial charge is 0.493 e. The predicted octanol–water partition coefficient (Wildman–Crippen LogP) is 3.54. The van der Waals surface area contributed by atoms with E-state index in [2.05, 4.69) is 4.99 Å². The van der Waals surface area contributed by atoms with Gasteiger partial charge in [0.15, 0.2) is 4.77 Å².